The van der Waals surface area contributed by atoms with Crippen molar-refractivity contribution in [3.05, 3.63) is 59.1 Å². The first kappa shape index (κ1) is 20.6. The molecule has 0 unspecified atom stereocenters. The maximum Gasteiger partial charge on any atom is 0.221 e. The van der Waals surface area contributed by atoms with Crippen molar-refractivity contribution < 1.29 is 9.53 Å². The molecule has 0 aliphatic rings. The van der Waals surface area contributed by atoms with Crippen LogP contribution in [0.3, 0.4) is 0 Å². The highest BCUT2D eigenvalue weighted by Gasteiger charge is 2.01. The van der Waals surface area contributed by atoms with Crippen LogP contribution in [0, 0.1) is 0 Å². The van der Waals surface area contributed by atoms with Crippen molar-refractivity contribution in [1.29, 1.82) is 0 Å². The van der Waals surface area contributed by atoms with E-state index >= 15 is 0 Å². The van der Waals surface area contributed by atoms with Crippen LogP contribution >= 0.6 is 11.6 Å². The van der Waals surface area contributed by atoms with Crippen LogP contribution in [0.4, 0.5) is 5.69 Å². The molecular weight excluding hydrogens is 364 g/mol. The molecule has 0 saturated heterocycles. The maximum atomic E-state index is 11.1. The number of amides is 1. The molecule has 2 aromatic carbocycles. The fourth-order valence-electron chi connectivity index (χ4n) is 2.40. The van der Waals surface area contributed by atoms with E-state index in [-0.39, 0.29) is 5.91 Å². The molecule has 0 spiro atoms. The quantitative estimate of drug-likeness (QED) is 0.369. The summed E-state index contributed by atoms with van der Waals surface area (Å²) >= 11 is 5.89. The predicted molar refractivity (Wildman–Crippen MR) is 111 cm³/mol. The van der Waals surface area contributed by atoms with E-state index < -0.39 is 0 Å². The molecule has 7 heteroatoms. The molecule has 0 aliphatic heterocycles. The van der Waals surface area contributed by atoms with E-state index in [2.05, 4.69) is 20.9 Å². The van der Waals surface area contributed by atoms with Crippen LogP contribution in [0.2, 0.25) is 5.02 Å². The molecule has 0 aliphatic carbocycles. The number of halogens is 1. The predicted octanol–water partition coefficient (Wildman–Crippen LogP) is 3.08. The number of nitrogens with zero attached hydrogens (tertiary/aromatic N) is 1. The van der Waals surface area contributed by atoms with Gasteiger partial charge >= 0.3 is 0 Å². The van der Waals surface area contributed by atoms with Crippen molar-refractivity contribution >= 4 is 29.2 Å². The highest BCUT2D eigenvalue weighted by Crippen LogP contribution is 2.17. The van der Waals surface area contributed by atoms with Gasteiger partial charge in [0.1, 0.15) is 12.4 Å². The van der Waals surface area contributed by atoms with E-state index in [1.807, 2.05) is 42.5 Å². The van der Waals surface area contributed by atoms with Crippen LogP contribution in [0.25, 0.3) is 0 Å². The van der Waals surface area contributed by atoms with Gasteiger partial charge in [-0.3, -0.25) is 9.79 Å². The van der Waals surface area contributed by atoms with Gasteiger partial charge in [0, 0.05) is 37.3 Å². The molecule has 0 heterocycles. The van der Waals surface area contributed by atoms with Crippen molar-refractivity contribution in [2.45, 2.75) is 13.3 Å². The summed E-state index contributed by atoms with van der Waals surface area (Å²) in [5.41, 5.74) is 1.93. The molecule has 0 fully saturated rings. The molecule has 0 aromatic heterocycles. The van der Waals surface area contributed by atoms with Crippen molar-refractivity contribution in [3.8, 4) is 5.75 Å². The lowest BCUT2D eigenvalue weighted by atomic mass is 10.1. The minimum absolute atomic E-state index is 0.109. The molecule has 0 saturated carbocycles. The minimum atomic E-state index is -0.109. The summed E-state index contributed by atoms with van der Waals surface area (Å²) in [6, 6.07) is 15.1. The largest absolute Gasteiger partial charge is 0.492 e. The lowest BCUT2D eigenvalue weighted by Gasteiger charge is -2.13. The third-order valence-corrected chi connectivity index (χ3v) is 3.91. The number of hydrogen-bond donors (Lipinski definition) is 3. The number of ether oxygens (including phenoxy) is 1. The topological polar surface area (TPSA) is 74.8 Å². The zero-order valence-electron chi connectivity index (χ0n) is 15.6. The highest BCUT2D eigenvalue weighted by atomic mass is 35.5. The van der Waals surface area contributed by atoms with Gasteiger partial charge in [-0.15, -0.1) is 0 Å². The summed E-state index contributed by atoms with van der Waals surface area (Å²) in [5.74, 6) is 1.32. The van der Waals surface area contributed by atoms with Gasteiger partial charge in [-0.2, -0.15) is 0 Å². The van der Waals surface area contributed by atoms with Gasteiger partial charge < -0.3 is 20.7 Å². The zero-order valence-corrected chi connectivity index (χ0v) is 16.3. The van der Waals surface area contributed by atoms with Gasteiger partial charge in [-0.1, -0.05) is 29.8 Å². The molecule has 3 N–H and O–H groups in total. The first-order chi connectivity index (χ1) is 13.1. The average Bonchev–Trinajstić information content (AvgIpc) is 2.65. The number of carbonyl (C=O) groups excluding carboxylic acids is 1. The summed E-state index contributed by atoms with van der Waals surface area (Å²) in [6.45, 7) is 3.32. The third kappa shape index (κ3) is 8.00. The Morgan fingerprint density at radius 1 is 1.11 bits per heavy atom. The molecule has 0 bridgehead atoms. The first-order valence-electron chi connectivity index (χ1n) is 8.76. The fourth-order valence-corrected chi connectivity index (χ4v) is 2.53. The zero-order chi connectivity index (χ0) is 19.5. The van der Waals surface area contributed by atoms with Gasteiger partial charge in [0.05, 0.1) is 6.54 Å². The van der Waals surface area contributed by atoms with Crippen LogP contribution in [-0.2, 0) is 11.2 Å². The lowest BCUT2D eigenvalue weighted by Crippen LogP contribution is -2.40. The molecule has 144 valence electrons. The molecule has 0 atom stereocenters. The van der Waals surface area contributed by atoms with Gasteiger partial charge in [0.15, 0.2) is 5.96 Å². The molecule has 27 heavy (non-hydrogen) atoms. The highest BCUT2D eigenvalue weighted by molar-refractivity contribution is 6.30. The summed E-state index contributed by atoms with van der Waals surface area (Å²) in [7, 11) is 1.73. The second-order valence-corrected chi connectivity index (χ2v) is 6.30. The van der Waals surface area contributed by atoms with Crippen LogP contribution in [0.15, 0.2) is 53.5 Å². The van der Waals surface area contributed by atoms with E-state index in [1.165, 1.54) is 12.5 Å². The minimum Gasteiger partial charge on any atom is -0.492 e. The van der Waals surface area contributed by atoms with Gasteiger partial charge in [-0.25, -0.2) is 0 Å². The Morgan fingerprint density at radius 2 is 1.85 bits per heavy atom. The Labute approximate surface area is 165 Å². The number of anilines is 1. The van der Waals surface area contributed by atoms with Crippen molar-refractivity contribution in [1.82, 2.24) is 10.6 Å². The number of nitrogens with one attached hydrogen (secondary N) is 3. The van der Waals surface area contributed by atoms with E-state index in [0.717, 1.165) is 23.9 Å². The van der Waals surface area contributed by atoms with Crippen molar-refractivity contribution in [2.75, 3.05) is 32.1 Å². The van der Waals surface area contributed by atoms with Crippen LogP contribution in [0.5, 0.6) is 5.75 Å². The van der Waals surface area contributed by atoms with E-state index in [0.29, 0.717) is 24.6 Å². The number of hydrogen-bond acceptors (Lipinski definition) is 3. The molecule has 0 radical (unpaired) electrons. The molecule has 2 rings (SSSR count). The Kier molecular flexibility index (Phi) is 8.45. The second kappa shape index (κ2) is 11.1. The maximum absolute atomic E-state index is 11.1. The smallest absolute Gasteiger partial charge is 0.221 e. The number of rotatable bonds is 8. The van der Waals surface area contributed by atoms with E-state index in [4.69, 9.17) is 16.3 Å². The van der Waals surface area contributed by atoms with Crippen LogP contribution in [-0.4, -0.2) is 38.6 Å². The molecular formula is C20H25ClN4O2. The molecule has 2 aromatic rings. The van der Waals surface area contributed by atoms with E-state index in [1.54, 1.807) is 13.1 Å². The summed E-state index contributed by atoms with van der Waals surface area (Å²) in [4.78, 5) is 15.3. The Hall–Kier alpha value is -2.73. The fraction of sp³-hybridized carbons (Fsp3) is 0.300. The van der Waals surface area contributed by atoms with Crippen molar-refractivity contribution in [2.24, 2.45) is 4.99 Å². The monoisotopic (exact) mass is 388 g/mol. The third-order valence-electron chi connectivity index (χ3n) is 3.66. The Bertz CT molecular complexity index is 763. The first-order valence-corrected chi connectivity index (χ1v) is 9.14. The number of guanidine groups is 1. The number of carbonyl (C=O) groups is 1. The SMILES string of the molecule is CN=C(NCCOc1cccc(NC(C)=O)c1)NCCc1ccc(Cl)cc1. The van der Waals surface area contributed by atoms with Crippen LogP contribution in [0.1, 0.15) is 12.5 Å². The molecule has 6 nitrogen and oxygen atoms in total. The summed E-state index contributed by atoms with van der Waals surface area (Å²) in [6.07, 6.45) is 0.879. The lowest BCUT2D eigenvalue weighted by molar-refractivity contribution is -0.114. The number of benzene rings is 2. The average molecular weight is 389 g/mol. The van der Waals surface area contributed by atoms with Gasteiger partial charge in [-0.05, 0) is 36.2 Å². The van der Waals surface area contributed by atoms with E-state index in [9.17, 15) is 4.79 Å². The summed E-state index contributed by atoms with van der Waals surface area (Å²) < 4.78 is 5.70. The standard InChI is InChI=1S/C20H25ClN4O2/c1-15(26)25-18-4-3-5-19(14-18)27-13-12-24-20(22-2)23-11-10-16-6-8-17(21)9-7-16/h3-9,14H,10-13H2,1-2H3,(H,25,26)(H2,22,23,24). The Balaban J connectivity index is 1.67. The van der Waals surface area contributed by atoms with Crippen molar-refractivity contribution in [3.63, 3.8) is 0 Å². The summed E-state index contributed by atoms with van der Waals surface area (Å²) in [5, 5.41) is 9.94. The second-order valence-electron chi connectivity index (χ2n) is 5.86. The number of aliphatic imine (C=N–C) groups is 1. The Morgan fingerprint density at radius 3 is 2.56 bits per heavy atom. The van der Waals surface area contributed by atoms with Gasteiger partial charge in [0.2, 0.25) is 5.91 Å². The normalized spacial score (nSPS) is 11.0. The van der Waals surface area contributed by atoms with Crippen LogP contribution < -0.4 is 20.7 Å². The van der Waals surface area contributed by atoms with Gasteiger partial charge in [0.25, 0.3) is 0 Å². The molecule has 1 amide bonds.